The van der Waals surface area contributed by atoms with E-state index in [1.165, 1.54) is 18.0 Å². The van der Waals surface area contributed by atoms with Gasteiger partial charge >= 0.3 is 0 Å². The third-order valence-corrected chi connectivity index (χ3v) is 4.74. The summed E-state index contributed by atoms with van der Waals surface area (Å²) in [5.41, 5.74) is 0.826. The first-order chi connectivity index (χ1) is 11.1. The largest absolute Gasteiger partial charge is 0.463 e. The molecule has 1 saturated heterocycles. The highest BCUT2D eigenvalue weighted by Gasteiger charge is 2.31. The molecule has 1 atom stereocenters. The van der Waals surface area contributed by atoms with Crippen molar-refractivity contribution in [2.24, 2.45) is 10.2 Å². The van der Waals surface area contributed by atoms with E-state index in [4.69, 9.17) is 27.6 Å². The van der Waals surface area contributed by atoms with E-state index in [-0.39, 0.29) is 11.2 Å². The number of amides is 1. The first kappa shape index (κ1) is 16.1. The molecule has 0 aliphatic carbocycles. The standard InChI is InChI=1S/C15H11Cl2N3O2S/c16-10-3-4-12(17)9(6-10)7-13-14(21)19-15(23-13)20-18-8-11-2-1-5-22-11/h1-6,8,13H,7H2,(H,19,20,21)/b18-8-. The Morgan fingerprint density at radius 3 is 3.00 bits per heavy atom. The molecule has 2 heterocycles. The van der Waals surface area contributed by atoms with Crippen LogP contribution in [0, 0.1) is 0 Å². The van der Waals surface area contributed by atoms with Gasteiger partial charge in [-0.2, -0.15) is 5.10 Å². The first-order valence-electron chi connectivity index (χ1n) is 6.68. The van der Waals surface area contributed by atoms with Crippen molar-refractivity contribution in [2.75, 3.05) is 0 Å². The van der Waals surface area contributed by atoms with Gasteiger partial charge in [-0.05, 0) is 42.3 Å². The van der Waals surface area contributed by atoms with Crippen molar-refractivity contribution < 1.29 is 9.21 Å². The summed E-state index contributed by atoms with van der Waals surface area (Å²) in [7, 11) is 0. The number of carbonyl (C=O) groups is 1. The minimum absolute atomic E-state index is 0.127. The highest BCUT2D eigenvalue weighted by Crippen LogP contribution is 2.28. The molecule has 1 N–H and O–H groups in total. The molecule has 1 unspecified atom stereocenters. The fourth-order valence-corrected chi connectivity index (χ4v) is 3.33. The third-order valence-electron chi connectivity index (χ3n) is 3.07. The minimum atomic E-state index is -0.316. The molecule has 0 spiro atoms. The molecule has 3 rings (SSSR count). The maximum Gasteiger partial charge on any atom is 0.239 e. The maximum absolute atomic E-state index is 12.0. The van der Waals surface area contributed by atoms with Crippen LogP contribution in [0.4, 0.5) is 0 Å². The van der Waals surface area contributed by atoms with Crippen molar-refractivity contribution in [1.29, 1.82) is 0 Å². The number of hydrogen-bond donors (Lipinski definition) is 1. The molecule has 1 aliphatic heterocycles. The lowest BCUT2D eigenvalue weighted by Gasteiger charge is -2.07. The predicted octanol–water partition coefficient (Wildman–Crippen LogP) is 3.75. The van der Waals surface area contributed by atoms with Crippen molar-refractivity contribution in [2.45, 2.75) is 11.7 Å². The van der Waals surface area contributed by atoms with Gasteiger partial charge in [0.15, 0.2) is 5.17 Å². The van der Waals surface area contributed by atoms with Crippen molar-refractivity contribution in [3.63, 3.8) is 0 Å². The summed E-state index contributed by atoms with van der Waals surface area (Å²) in [5.74, 6) is 0.462. The summed E-state index contributed by atoms with van der Waals surface area (Å²) in [4.78, 5) is 12.0. The molecule has 118 valence electrons. The fourth-order valence-electron chi connectivity index (χ4n) is 1.99. The van der Waals surface area contributed by atoms with E-state index >= 15 is 0 Å². The van der Waals surface area contributed by atoms with Crippen molar-refractivity contribution in [3.05, 3.63) is 58.0 Å². The Morgan fingerprint density at radius 2 is 2.22 bits per heavy atom. The third kappa shape index (κ3) is 4.16. The van der Waals surface area contributed by atoms with E-state index in [0.717, 1.165) is 5.56 Å². The van der Waals surface area contributed by atoms with Crippen LogP contribution in [0.3, 0.4) is 0 Å². The van der Waals surface area contributed by atoms with Gasteiger partial charge in [0.25, 0.3) is 0 Å². The lowest BCUT2D eigenvalue weighted by Crippen LogP contribution is -2.26. The Morgan fingerprint density at radius 1 is 1.35 bits per heavy atom. The van der Waals surface area contributed by atoms with Crippen molar-refractivity contribution >= 4 is 52.3 Å². The van der Waals surface area contributed by atoms with Gasteiger partial charge in [-0.1, -0.05) is 35.0 Å². The van der Waals surface area contributed by atoms with Gasteiger partial charge in [-0.25, -0.2) is 0 Å². The molecule has 1 fully saturated rings. The van der Waals surface area contributed by atoms with Gasteiger partial charge in [0.2, 0.25) is 5.91 Å². The number of furan rings is 1. The number of nitrogens with one attached hydrogen (secondary N) is 1. The fraction of sp³-hybridized carbons (Fsp3) is 0.133. The zero-order chi connectivity index (χ0) is 16.2. The molecule has 1 aromatic carbocycles. The first-order valence-corrected chi connectivity index (χ1v) is 8.31. The molecular formula is C15H11Cl2N3O2S. The summed E-state index contributed by atoms with van der Waals surface area (Å²) >= 11 is 13.4. The minimum Gasteiger partial charge on any atom is -0.463 e. The summed E-state index contributed by atoms with van der Waals surface area (Å²) in [6, 6.07) is 8.71. The second-order valence-electron chi connectivity index (χ2n) is 4.70. The summed E-state index contributed by atoms with van der Waals surface area (Å²) in [6.07, 6.45) is 3.49. The number of halogens is 2. The predicted molar refractivity (Wildman–Crippen MR) is 93.4 cm³/mol. The Hall–Kier alpha value is -1.76. The number of nitrogens with zero attached hydrogens (tertiary/aromatic N) is 2. The Bertz CT molecular complexity index is 775. The van der Waals surface area contributed by atoms with Crippen LogP contribution < -0.4 is 5.32 Å². The van der Waals surface area contributed by atoms with Gasteiger partial charge < -0.3 is 9.73 Å². The number of thioether (sulfide) groups is 1. The van der Waals surface area contributed by atoms with Crippen LogP contribution in [0.5, 0.6) is 0 Å². The smallest absolute Gasteiger partial charge is 0.239 e. The summed E-state index contributed by atoms with van der Waals surface area (Å²) in [6.45, 7) is 0. The molecule has 1 amide bonds. The zero-order valence-electron chi connectivity index (χ0n) is 11.7. The number of carbonyl (C=O) groups excluding carboxylic acids is 1. The van der Waals surface area contributed by atoms with Crippen LogP contribution in [0.15, 0.2) is 51.2 Å². The van der Waals surface area contributed by atoms with Gasteiger partial charge in [-0.15, -0.1) is 5.10 Å². The summed E-state index contributed by atoms with van der Waals surface area (Å²) < 4.78 is 5.10. The molecular weight excluding hydrogens is 357 g/mol. The maximum atomic E-state index is 12.0. The topological polar surface area (TPSA) is 67.0 Å². The second-order valence-corrected chi connectivity index (χ2v) is 6.74. The molecule has 2 aromatic rings. The molecule has 1 aromatic heterocycles. The lowest BCUT2D eigenvalue weighted by molar-refractivity contribution is -0.118. The highest BCUT2D eigenvalue weighted by molar-refractivity contribution is 8.15. The molecule has 0 bridgehead atoms. The van der Waals surface area contributed by atoms with E-state index in [1.54, 1.807) is 36.6 Å². The van der Waals surface area contributed by atoms with E-state index in [0.29, 0.717) is 27.4 Å². The van der Waals surface area contributed by atoms with E-state index < -0.39 is 0 Å². The zero-order valence-corrected chi connectivity index (χ0v) is 14.0. The molecule has 0 radical (unpaired) electrons. The van der Waals surface area contributed by atoms with Crippen LogP contribution in [-0.2, 0) is 11.2 Å². The molecule has 8 heteroatoms. The Balaban J connectivity index is 1.66. The normalized spacial score (nSPS) is 19.7. The van der Waals surface area contributed by atoms with Gasteiger partial charge in [-0.3, -0.25) is 4.79 Å². The Kier molecular flexibility index (Phi) is 5.05. The van der Waals surface area contributed by atoms with Crippen LogP contribution >= 0.6 is 35.0 Å². The van der Waals surface area contributed by atoms with Gasteiger partial charge in [0.05, 0.1) is 17.7 Å². The molecule has 1 aliphatic rings. The van der Waals surface area contributed by atoms with Crippen LogP contribution in [0.1, 0.15) is 11.3 Å². The van der Waals surface area contributed by atoms with Crippen molar-refractivity contribution in [1.82, 2.24) is 5.32 Å². The SMILES string of the molecule is O=C1N/C(=N/N=C\c2ccco2)SC1Cc1cc(Cl)ccc1Cl. The average Bonchev–Trinajstić information content (AvgIpc) is 3.14. The van der Waals surface area contributed by atoms with Crippen LogP contribution in [-0.4, -0.2) is 22.5 Å². The van der Waals surface area contributed by atoms with E-state index in [1.807, 2.05) is 0 Å². The number of rotatable bonds is 4. The number of amidine groups is 1. The number of hydrogen-bond acceptors (Lipinski definition) is 5. The molecule has 23 heavy (non-hydrogen) atoms. The van der Waals surface area contributed by atoms with Gasteiger partial charge in [0, 0.05) is 10.0 Å². The van der Waals surface area contributed by atoms with Crippen molar-refractivity contribution in [3.8, 4) is 0 Å². The quantitative estimate of drug-likeness (QED) is 0.660. The molecule has 0 saturated carbocycles. The average molecular weight is 368 g/mol. The van der Waals surface area contributed by atoms with Crippen LogP contribution in [0.25, 0.3) is 0 Å². The van der Waals surface area contributed by atoms with E-state index in [2.05, 4.69) is 15.5 Å². The summed E-state index contributed by atoms with van der Waals surface area (Å²) in [5, 5.41) is 11.9. The Labute approximate surface area is 146 Å². The molecule has 5 nitrogen and oxygen atoms in total. The number of benzene rings is 1. The monoisotopic (exact) mass is 367 g/mol. The van der Waals surface area contributed by atoms with Crippen LogP contribution in [0.2, 0.25) is 10.0 Å². The highest BCUT2D eigenvalue weighted by atomic mass is 35.5. The lowest BCUT2D eigenvalue weighted by atomic mass is 10.1. The van der Waals surface area contributed by atoms with E-state index in [9.17, 15) is 4.79 Å². The van der Waals surface area contributed by atoms with Gasteiger partial charge in [0.1, 0.15) is 5.76 Å². The second kappa shape index (κ2) is 7.21.